The van der Waals surface area contributed by atoms with Crippen LogP contribution in [0.4, 0.5) is 0 Å². The normalized spacial score (nSPS) is 17.5. The Kier molecular flexibility index (Phi) is 4.19. The molecule has 1 aromatic carbocycles. The molecule has 0 unspecified atom stereocenters. The van der Waals surface area contributed by atoms with E-state index in [1.807, 2.05) is 18.2 Å². The highest BCUT2D eigenvalue weighted by atomic mass is 32.2. The second-order valence-corrected chi connectivity index (χ2v) is 9.13. The van der Waals surface area contributed by atoms with Gasteiger partial charge >= 0.3 is 0 Å². The fourth-order valence-corrected chi connectivity index (χ4v) is 4.92. The van der Waals surface area contributed by atoms with Crippen LogP contribution in [-0.2, 0) is 15.4 Å². The van der Waals surface area contributed by atoms with Crippen LogP contribution in [0, 0.1) is 0 Å². The van der Waals surface area contributed by atoms with Crippen LogP contribution in [0.15, 0.2) is 35.4 Å². The first-order valence-corrected chi connectivity index (χ1v) is 9.64. The fraction of sp³-hybridized carbons (Fsp3) is 0.500. The molecule has 124 valence electrons. The lowest BCUT2D eigenvalue weighted by molar-refractivity contribution is 0.347. The molecular formula is C18H24N2O2S. The van der Waals surface area contributed by atoms with E-state index in [4.69, 9.17) is 0 Å². The highest BCUT2D eigenvalue weighted by Crippen LogP contribution is 2.33. The second kappa shape index (κ2) is 5.87. The molecule has 0 saturated carbocycles. The maximum absolute atomic E-state index is 13.1. The Morgan fingerprint density at radius 1 is 1.04 bits per heavy atom. The molecule has 23 heavy (non-hydrogen) atoms. The molecule has 5 heteroatoms. The van der Waals surface area contributed by atoms with Crippen molar-refractivity contribution >= 4 is 20.9 Å². The number of piperidine rings is 1. The van der Waals surface area contributed by atoms with Gasteiger partial charge in [0.15, 0.2) is 0 Å². The summed E-state index contributed by atoms with van der Waals surface area (Å²) in [6.07, 6.45) is 4.72. The van der Waals surface area contributed by atoms with Crippen LogP contribution < -0.4 is 0 Å². The number of sulfonamides is 1. The summed E-state index contributed by atoms with van der Waals surface area (Å²) < 4.78 is 27.7. The zero-order chi connectivity index (χ0) is 16.7. The molecule has 1 aliphatic heterocycles. The average Bonchev–Trinajstić information content (AvgIpc) is 2.53. The molecular weight excluding hydrogens is 308 g/mol. The van der Waals surface area contributed by atoms with Gasteiger partial charge in [-0.05, 0) is 42.0 Å². The third-order valence-electron chi connectivity index (χ3n) is 4.47. The molecule has 0 atom stereocenters. The summed E-state index contributed by atoms with van der Waals surface area (Å²) in [5.74, 6) is 0. The predicted octanol–water partition coefficient (Wildman–Crippen LogP) is 3.71. The molecule has 1 saturated heterocycles. The summed E-state index contributed by atoms with van der Waals surface area (Å²) in [5, 5.41) is 0.727. The minimum atomic E-state index is -3.46. The molecule has 3 rings (SSSR count). The maximum Gasteiger partial charge on any atom is 0.243 e. The molecule has 2 heterocycles. The van der Waals surface area contributed by atoms with Crippen molar-refractivity contribution in [2.75, 3.05) is 13.1 Å². The summed E-state index contributed by atoms with van der Waals surface area (Å²) in [7, 11) is -3.46. The van der Waals surface area contributed by atoms with Gasteiger partial charge in [0.1, 0.15) is 0 Å². The SMILES string of the molecule is CC(C)(C)c1ccc(S(=O)(=O)N2CCCCC2)c2cccnc12. The highest BCUT2D eigenvalue weighted by Gasteiger charge is 2.29. The van der Waals surface area contributed by atoms with Crippen LogP contribution >= 0.6 is 0 Å². The Bertz CT molecular complexity index is 817. The number of aromatic nitrogens is 1. The second-order valence-electron chi connectivity index (χ2n) is 7.23. The minimum absolute atomic E-state index is 0.0833. The number of benzene rings is 1. The smallest absolute Gasteiger partial charge is 0.243 e. The first-order valence-electron chi connectivity index (χ1n) is 8.20. The van der Waals surface area contributed by atoms with Crippen molar-refractivity contribution in [2.24, 2.45) is 0 Å². The van der Waals surface area contributed by atoms with Crippen LogP contribution in [0.3, 0.4) is 0 Å². The largest absolute Gasteiger partial charge is 0.256 e. The van der Waals surface area contributed by atoms with Gasteiger partial charge in [0.2, 0.25) is 10.0 Å². The van der Waals surface area contributed by atoms with Crippen LogP contribution in [0.5, 0.6) is 0 Å². The molecule has 1 aliphatic rings. The van der Waals surface area contributed by atoms with Crippen LogP contribution in [-0.4, -0.2) is 30.8 Å². The quantitative estimate of drug-likeness (QED) is 0.842. The van der Waals surface area contributed by atoms with Crippen molar-refractivity contribution in [2.45, 2.75) is 50.3 Å². The number of rotatable bonds is 2. The lowest BCUT2D eigenvalue weighted by Gasteiger charge is -2.27. The van der Waals surface area contributed by atoms with Crippen molar-refractivity contribution in [3.05, 3.63) is 36.0 Å². The Morgan fingerprint density at radius 2 is 1.74 bits per heavy atom. The maximum atomic E-state index is 13.1. The summed E-state index contributed by atoms with van der Waals surface area (Å²) >= 11 is 0. The van der Waals surface area contributed by atoms with Gasteiger partial charge in [0.25, 0.3) is 0 Å². The molecule has 1 fully saturated rings. The molecule has 0 aliphatic carbocycles. The van der Waals surface area contributed by atoms with E-state index in [0.717, 1.165) is 35.7 Å². The van der Waals surface area contributed by atoms with E-state index in [1.54, 1.807) is 16.6 Å². The van der Waals surface area contributed by atoms with Gasteiger partial charge in [-0.2, -0.15) is 4.31 Å². The molecule has 0 spiro atoms. The topological polar surface area (TPSA) is 50.3 Å². The number of pyridine rings is 1. The van der Waals surface area contributed by atoms with E-state index in [2.05, 4.69) is 25.8 Å². The average molecular weight is 332 g/mol. The van der Waals surface area contributed by atoms with E-state index in [1.165, 1.54) is 0 Å². The van der Waals surface area contributed by atoms with Gasteiger partial charge < -0.3 is 0 Å². The minimum Gasteiger partial charge on any atom is -0.256 e. The van der Waals surface area contributed by atoms with E-state index in [0.29, 0.717) is 18.0 Å². The Morgan fingerprint density at radius 3 is 2.39 bits per heavy atom. The van der Waals surface area contributed by atoms with Crippen LogP contribution in [0.2, 0.25) is 0 Å². The van der Waals surface area contributed by atoms with Crippen molar-refractivity contribution < 1.29 is 8.42 Å². The van der Waals surface area contributed by atoms with E-state index in [-0.39, 0.29) is 5.41 Å². The predicted molar refractivity (Wildman–Crippen MR) is 93.1 cm³/mol. The van der Waals surface area contributed by atoms with Gasteiger partial charge in [-0.25, -0.2) is 8.42 Å². The van der Waals surface area contributed by atoms with Crippen molar-refractivity contribution in [1.82, 2.24) is 9.29 Å². The zero-order valence-corrected chi connectivity index (χ0v) is 14.9. The summed E-state index contributed by atoms with van der Waals surface area (Å²) in [6, 6.07) is 7.36. The van der Waals surface area contributed by atoms with Crippen molar-refractivity contribution in [3.63, 3.8) is 0 Å². The van der Waals surface area contributed by atoms with Crippen LogP contribution in [0.1, 0.15) is 45.6 Å². The Hall–Kier alpha value is -1.46. The summed E-state index contributed by atoms with van der Waals surface area (Å²) in [4.78, 5) is 4.87. The lowest BCUT2D eigenvalue weighted by atomic mass is 9.85. The number of fused-ring (bicyclic) bond motifs is 1. The molecule has 0 N–H and O–H groups in total. The lowest BCUT2D eigenvalue weighted by Crippen LogP contribution is -2.35. The highest BCUT2D eigenvalue weighted by molar-refractivity contribution is 7.89. The van der Waals surface area contributed by atoms with Gasteiger partial charge in [-0.1, -0.05) is 33.3 Å². The Balaban J connectivity index is 2.20. The molecule has 4 nitrogen and oxygen atoms in total. The summed E-state index contributed by atoms with van der Waals surface area (Å²) in [6.45, 7) is 7.59. The van der Waals surface area contributed by atoms with Gasteiger partial charge in [-0.15, -0.1) is 0 Å². The van der Waals surface area contributed by atoms with Gasteiger partial charge in [0, 0.05) is 24.7 Å². The standard InChI is InChI=1S/C18H24N2O2S/c1-18(2,3)15-9-10-16(14-8-7-11-19-17(14)15)23(21,22)20-12-5-4-6-13-20/h7-11H,4-6,12-13H2,1-3H3. The molecule has 0 radical (unpaired) electrons. The molecule has 0 amide bonds. The van der Waals surface area contributed by atoms with Gasteiger partial charge in [-0.3, -0.25) is 4.98 Å². The number of hydrogen-bond donors (Lipinski definition) is 0. The van der Waals surface area contributed by atoms with Crippen molar-refractivity contribution in [3.8, 4) is 0 Å². The van der Waals surface area contributed by atoms with Crippen molar-refractivity contribution in [1.29, 1.82) is 0 Å². The first-order chi connectivity index (χ1) is 10.8. The van der Waals surface area contributed by atoms with E-state index < -0.39 is 10.0 Å². The first kappa shape index (κ1) is 16.4. The number of nitrogens with zero attached hydrogens (tertiary/aromatic N) is 2. The van der Waals surface area contributed by atoms with E-state index in [9.17, 15) is 8.42 Å². The fourth-order valence-electron chi connectivity index (χ4n) is 3.22. The molecule has 0 bridgehead atoms. The summed E-state index contributed by atoms with van der Waals surface area (Å²) in [5.41, 5.74) is 1.78. The third kappa shape index (κ3) is 3.00. The monoisotopic (exact) mass is 332 g/mol. The van der Waals surface area contributed by atoms with Crippen LogP contribution in [0.25, 0.3) is 10.9 Å². The molecule has 1 aromatic heterocycles. The third-order valence-corrected chi connectivity index (χ3v) is 6.43. The zero-order valence-electron chi connectivity index (χ0n) is 14.0. The number of hydrogen-bond acceptors (Lipinski definition) is 3. The van der Waals surface area contributed by atoms with Gasteiger partial charge in [0.05, 0.1) is 10.4 Å². The Labute approximate surface area is 138 Å². The molecule has 2 aromatic rings. The van der Waals surface area contributed by atoms with E-state index >= 15 is 0 Å².